The van der Waals surface area contributed by atoms with Crippen molar-refractivity contribution in [3.8, 4) is 0 Å². The zero-order valence-electron chi connectivity index (χ0n) is 11.8. The minimum Gasteiger partial charge on any atom is -0.342 e. The summed E-state index contributed by atoms with van der Waals surface area (Å²) in [6.45, 7) is 4.67. The lowest BCUT2D eigenvalue weighted by molar-refractivity contribution is 0.628. The van der Waals surface area contributed by atoms with Gasteiger partial charge in [0.05, 0.1) is 5.52 Å². The average Bonchev–Trinajstić information content (AvgIpc) is 2.70. The van der Waals surface area contributed by atoms with Crippen LogP contribution in [0.25, 0.3) is 10.9 Å². The minimum atomic E-state index is -0.233. The second-order valence-electron chi connectivity index (χ2n) is 5.32. The van der Waals surface area contributed by atoms with Gasteiger partial charge in [-0.05, 0) is 64.7 Å². The molecule has 108 valence electrons. The van der Waals surface area contributed by atoms with Gasteiger partial charge in [0.25, 0.3) is 0 Å². The van der Waals surface area contributed by atoms with Crippen LogP contribution in [0.1, 0.15) is 16.7 Å². The zero-order valence-corrected chi connectivity index (χ0v) is 14.1. The van der Waals surface area contributed by atoms with E-state index < -0.39 is 0 Å². The van der Waals surface area contributed by atoms with Gasteiger partial charge >= 0.3 is 0 Å². The number of nitrogens with zero attached hydrogens (tertiary/aromatic N) is 1. The van der Waals surface area contributed by atoms with Crippen molar-refractivity contribution in [1.82, 2.24) is 4.57 Å². The molecular formula is C17H14BrClFN. The Morgan fingerprint density at radius 3 is 2.67 bits per heavy atom. The Labute approximate surface area is 136 Å². The predicted octanol–water partition coefficient (Wildman–Crippen LogP) is 5.86. The molecule has 0 saturated heterocycles. The molecule has 0 bridgehead atoms. The van der Waals surface area contributed by atoms with E-state index in [9.17, 15) is 4.39 Å². The monoisotopic (exact) mass is 365 g/mol. The zero-order chi connectivity index (χ0) is 15.1. The van der Waals surface area contributed by atoms with Crippen molar-refractivity contribution < 1.29 is 4.39 Å². The Kier molecular flexibility index (Phi) is 3.80. The molecule has 0 fully saturated rings. The number of benzene rings is 2. The molecule has 0 unspecified atom stereocenters. The lowest BCUT2D eigenvalue weighted by Crippen LogP contribution is -1.99. The molecule has 4 heteroatoms. The number of hydrogen-bond acceptors (Lipinski definition) is 0. The molecule has 1 aromatic heterocycles. The van der Waals surface area contributed by atoms with E-state index >= 15 is 0 Å². The molecule has 3 aromatic rings. The number of aromatic nitrogens is 1. The fraction of sp³-hybridized carbons (Fsp3) is 0.176. The van der Waals surface area contributed by atoms with Gasteiger partial charge < -0.3 is 4.57 Å². The number of halogens is 3. The van der Waals surface area contributed by atoms with Gasteiger partial charge in [0.2, 0.25) is 0 Å². The molecule has 0 aliphatic heterocycles. The molecule has 0 radical (unpaired) electrons. The Hall–Kier alpha value is -1.32. The lowest BCUT2D eigenvalue weighted by Gasteiger charge is -2.09. The fourth-order valence-electron chi connectivity index (χ4n) is 2.62. The smallest absolute Gasteiger partial charge is 0.125 e. The second-order valence-corrected chi connectivity index (χ2v) is 6.58. The van der Waals surface area contributed by atoms with Gasteiger partial charge in [0, 0.05) is 27.6 Å². The van der Waals surface area contributed by atoms with Crippen molar-refractivity contribution >= 4 is 38.4 Å². The van der Waals surface area contributed by atoms with Crippen molar-refractivity contribution in [2.24, 2.45) is 0 Å². The first-order valence-corrected chi connectivity index (χ1v) is 7.82. The molecule has 1 heterocycles. The van der Waals surface area contributed by atoms with Crippen LogP contribution in [-0.2, 0) is 6.54 Å². The maximum atomic E-state index is 13.6. The molecule has 1 nitrogen and oxygen atoms in total. The minimum absolute atomic E-state index is 0.233. The summed E-state index contributed by atoms with van der Waals surface area (Å²) in [6, 6.07) is 9.12. The first-order valence-electron chi connectivity index (χ1n) is 6.65. The molecule has 21 heavy (non-hydrogen) atoms. The molecule has 0 amide bonds. The van der Waals surface area contributed by atoms with Crippen LogP contribution in [0.15, 0.2) is 41.0 Å². The van der Waals surface area contributed by atoms with Crippen molar-refractivity contribution in [3.63, 3.8) is 0 Å². The quantitative estimate of drug-likeness (QED) is 0.535. The van der Waals surface area contributed by atoms with E-state index in [2.05, 4.69) is 26.6 Å². The van der Waals surface area contributed by atoms with Gasteiger partial charge in [-0.3, -0.25) is 0 Å². The predicted molar refractivity (Wildman–Crippen MR) is 89.6 cm³/mol. The van der Waals surface area contributed by atoms with Crippen molar-refractivity contribution in [1.29, 1.82) is 0 Å². The van der Waals surface area contributed by atoms with Crippen LogP contribution in [0, 0.1) is 19.7 Å². The third-order valence-electron chi connectivity index (χ3n) is 3.64. The first kappa shape index (κ1) is 14.6. The number of rotatable bonds is 2. The molecule has 3 rings (SSSR count). The Morgan fingerprint density at radius 2 is 1.95 bits per heavy atom. The summed E-state index contributed by atoms with van der Waals surface area (Å²) in [5.74, 6) is -0.233. The largest absolute Gasteiger partial charge is 0.342 e. The molecule has 0 saturated carbocycles. The Morgan fingerprint density at radius 1 is 1.19 bits per heavy atom. The van der Waals surface area contributed by atoms with Crippen molar-refractivity contribution in [3.05, 3.63) is 68.5 Å². The van der Waals surface area contributed by atoms with E-state index in [1.807, 2.05) is 32.2 Å². The maximum Gasteiger partial charge on any atom is 0.125 e. The van der Waals surface area contributed by atoms with E-state index in [-0.39, 0.29) is 5.82 Å². The van der Waals surface area contributed by atoms with Crippen LogP contribution < -0.4 is 0 Å². The third kappa shape index (κ3) is 2.72. The summed E-state index contributed by atoms with van der Waals surface area (Å²) in [4.78, 5) is 0. The Balaban J connectivity index is 2.13. The van der Waals surface area contributed by atoms with Crippen LogP contribution >= 0.6 is 27.5 Å². The molecule has 0 atom stereocenters. The summed E-state index contributed by atoms with van der Waals surface area (Å²) in [5, 5.41) is 1.68. The van der Waals surface area contributed by atoms with E-state index in [0.717, 1.165) is 37.1 Å². The molecule has 0 spiro atoms. The summed E-state index contributed by atoms with van der Waals surface area (Å²) in [7, 11) is 0. The molecule has 2 aromatic carbocycles. The fourth-order valence-corrected chi connectivity index (χ4v) is 3.57. The molecular weight excluding hydrogens is 353 g/mol. The highest BCUT2D eigenvalue weighted by molar-refractivity contribution is 9.10. The standard InChI is InChI=1S/C17H14BrClFN/c1-10-3-4-12(16(19)5-10)9-21-8-11(2)14-6-13(20)7-15(18)17(14)21/h3-8H,9H2,1-2H3. The normalized spacial score (nSPS) is 11.3. The highest BCUT2D eigenvalue weighted by atomic mass is 79.9. The van der Waals surface area contributed by atoms with Gasteiger partial charge in [0.1, 0.15) is 5.82 Å². The number of aryl methyl sites for hydroxylation is 2. The topological polar surface area (TPSA) is 4.93 Å². The SMILES string of the molecule is Cc1ccc(Cn2cc(C)c3cc(F)cc(Br)c32)c(Cl)c1. The molecule has 0 aliphatic rings. The van der Waals surface area contributed by atoms with E-state index in [1.165, 1.54) is 6.07 Å². The first-order chi connectivity index (χ1) is 9.95. The van der Waals surface area contributed by atoms with E-state index in [1.54, 1.807) is 6.07 Å². The number of hydrogen-bond donors (Lipinski definition) is 0. The van der Waals surface area contributed by atoms with Crippen LogP contribution in [0.2, 0.25) is 5.02 Å². The van der Waals surface area contributed by atoms with Gasteiger partial charge in [-0.1, -0.05) is 23.7 Å². The molecule has 0 N–H and O–H groups in total. The highest BCUT2D eigenvalue weighted by Crippen LogP contribution is 2.31. The van der Waals surface area contributed by atoms with Gasteiger partial charge in [-0.2, -0.15) is 0 Å². The van der Waals surface area contributed by atoms with E-state index in [4.69, 9.17) is 11.6 Å². The summed E-state index contributed by atoms with van der Waals surface area (Å²) >= 11 is 9.78. The van der Waals surface area contributed by atoms with E-state index in [0.29, 0.717) is 6.54 Å². The summed E-state index contributed by atoms with van der Waals surface area (Å²) in [5.41, 5.74) is 4.23. The van der Waals surface area contributed by atoms with Crippen LogP contribution in [0.5, 0.6) is 0 Å². The summed E-state index contributed by atoms with van der Waals surface area (Å²) < 4.78 is 16.4. The number of fused-ring (bicyclic) bond motifs is 1. The third-order valence-corrected chi connectivity index (χ3v) is 4.60. The van der Waals surface area contributed by atoms with Crippen molar-refractivity contribution in [2.75, 3.05) is 0 Å². The second kappa shape index (κ2) is 5.47. The van der Waals surface area contributed by atoms with Crippen LogP contribution in [0.3, 0.4) is 0 Å². The van der Waals surface area contributed by atoms with Crippen LogP contribution in [-0.4, -0.2) is 4.57 Å². The van der Waals surface area contributed by atoms with Gasteiger partial charge in [-0.25, -0.2) is 4.39 Å². The van der Waals surface area contributed by atoms with Gasteiger partial charge in [0.15, 0.2) is 0 Å². The highest BCUT2D eigenvalue weighted by Gasteiger charge is 2.12. The molecule has 0 aliphatic carbocycles. The van der Waals surface area contributed by atoms with Gasteiger partial charge in [-0.15, -0.1) is 0 Å². The van der Waals surface area contributed by atoms with Crippen LogP contribution in [0.4, 0.5) is 4.39 Å². The average molecular weight is 367 g/mol. The van der Waals surface area contributed by atoms with Crippen molar-refractivity contribution in [2.45, 2.75) is 20.4 Å². The Bertz CT molecular complexity index is 838. The lowest BCUT2D eigenvalue weighted by atomic mass is 10.1. The summed E-state index contributed by atoms with van der Waals surface area (Å²) in [6.07, 6.45) is 2.03. The maximum absolute atomic E-state index is 13.6.